The van der Waals surface area contributed by atoms with Crippen LogP contribution in [0.25, 0.3) is 10.9 Å². The lowest BCUT2D eigenvalue weighted by Crippen LogP contribution is -2.30. The fourth-order valence-electron chi connectivity index (χ4n) is 4.20. The van der Waals surface area contributed by atoms with Crippen molar-refractivity contribution < 1.29 is 29.0 Å². The number of nitrogens with zero attached hydrogens (tertiary/aromatic N) is 2. The molecular formula is C21H23F2N3O5. The first kappa shape index (κ1) is 21.6. The predicted molar refractivity (Wildman–Crippen MR) is 107 cm³/mol. The molecule has 1 aliphatic heterocycles. The molecule has 166 valence electrons. The van der Waals surface area contributed by atoms with Crippen molar-refractivity contribution in [3.63, 3.8) is 0 Å². The fraction of sp³-hybridized carbons (Fsp3) is 0.429. The van der Waals surface area contributed by atoms with Crippen molar-refractivity contribution >= 4 is 16.9 Å². The molecule has 1 aromatic heterocycles. The Morgan fingerprint density at radius 3 is 2.65 bits per heavy atom. The van der Waals surface area contributed by atoms with Gasteiger partial charge in [0.15, 0.2) is 0 Å². The van der Waals surface area contributed by atoms with Crippen molar-refractivity contribution in [2.24, 2.45) is 5.73 Å². The highest BCUT2D eigenvalue weighted by Gasteiger charge is 2.38. The minimum Gasteiger partial charge on any atom is -0.477 e. The molecule has 1 saturated carbocycles. The molecule has 8 nitrogen and oxygen atoms in total. The normalized spacial score (nSPS) is 24.3. The SMILES string of the molecule is NC/C(F)=C1\CN(O)CCC(O)(c2cc3c(cc2F)c(=O)c(C(=O)O)cn3C2CC2)C1. The van der Waals surface area contributed by atoms with Crippen LogP contribution in [0.4, 0.5) is 8.78 Å². The molecular weight excluding hydrogens is 412 g/mol. The van der Waals surface area contributed by atoms with Gasteiger partial charge in [0, 0.05) is 49.2 Å². The molecule has 1 saturated heterocycles. The summed E-state index contributed by atoms with van der Waals surface area (Å²) in [5, 5.41) is 31.4. The minimum atomic E-state index is -1.85. The van der Waals surface area contributed by atoms with Crippen molar-refractivity contribution in [3.05, 3.63) is 56.9 Å². The van der Waals surface area contributed by atoms with E-state index in [1.165, 1.54) is 12.3 Å². The number of aromatic carboxylic acids is 1. The average Bonchev–Trinajstić information content (AvgIpc) is 3.57. The topological polar surface area (TPSA) is 129 Å². The maximum atomic E-state index is 15.2. The van der Waals surface area contributed by atoms with Gasteiger partial charge in [-0.25, -0.2) is 13.6 Å². The van der Waals surface area contributed by atoms with Gasteiger partial charge in [-0.05, 0) is 37.0 Å². The van der Waals surface area contributed by atoms with Gasteiger partial charge < -0.3 is 25.7 Å². The van der Waals surface area contributed by atoms with Crippen LogP contribution in [0.5, 0.6) is 0 Å². The summed E-state index contributed by atoms with van der Waals surface area (Å²) < 4.78 is 31.1. The first-order valence-electron chi connectivity index (χ1n) is 9.99. The number of aliphatic hydroxyl groups is 1. The van der Waals surface area contributed by atoms with E-state index < -0.39 is 40.8 Å². The van der Waals surface area contributed by atoms with Crippen molar-refractivity contribution in [1.82, 2.24) is 9.63 Å². The molecule has 2 aromatic rings. The molecule has 2 fully saturated rings. The van der Waals surface area contributed by atoms with Gasteiger partial charge in [-0.15, -0.1) is 0 Å². The lowest BCUT2D eigenvalue weighted by Gasteiger charge is -2.29. The van der Waals surface area contributed by atoms with Crippen molar-refractivity contribution in [2.45, 2.75) is 37.3 Å². The molecule has 0 bridgehead atoms. The van der Waals surface area contributed by atoms with Crippen molar-refractivity contribution in [3.8, 4) is 0 Å². The van der Waals surface area contributed by atoms with Gasteiger partial charge in [-0.1, -0.05) is 0 Å². The molecule has 4 rings (SSSR count). The summed E-state index contributed by atoms with van der Waals surface area (Å²) in [6, 6.07) is 2.24. The number of halogens is 2. The maximum absolute atomic E-state index is 15.2. The van der Waals surface area contributed by atoms with Gasteiger partial charge in [-0.3, -0.25) is 4.79 Å². The second kappa shape index (κ2) is 7.79. The molecule has 1 unspecified atom stereocenters. The third-order valence-electron chi connectivity index (χ3n) is 6.02. The zero-order chi connectivity index (χ0) is 22.5. The lowest BCUT2D eigenvalue weighted by molar-refractivity contribution is -0.0899. The van der Waals surface area contributed by atoms with Crippen LogP contribution in [0.2, 0.25) is 0 Å². The third kappa shape index (κ3) is 3.87. The summed E-state index contributed by atoms with van der Waals surface area (Å²) in [5.41, 5.74) is 2.47. The van der Waals surface area contributed by atoms with Crippen LogP contribution in [0.3, 0.4) is 0 Å². The van der Waals surface area contributed by atoms with Crippen molar-refractivity contribution in [1.29, 1.82) is 0 Å². The molecule has 2 heterocycles. The Labute approximate surface area is 175 Å². The highest BCUT2D eigenvalue weighted by atomic mass is 19.1. The largest absolute Gasteiger partial charge is 0.477 e. The molecule has 0 amide bonds. The lowest BCUT2D eigenvalue weighted by atomic mass is 9.84. The van der Waals surface area contributed by atoms with E-state index in [1.807, 2.05) is 0 Å². The molecule has 1 atom stereocenters. The molecule has 0 radical (unpaired) electrons. The molecule has 1 aromatic carbocycles. The molecule has 0 spiro atoms. The van der Waals surface area contributed by atoms with Crippen LogP contribution >= 0.6 is 0 Å². The number of carboxylic acids is 1. The van der Waals surface area contributed by atoms with E-state index in [1.54, 1.807) is 4.57 Å². The van der Waals surface area contributed by atoms with Crippen LogP contribution < -0.4 is 11.2 Å². The maximum Gasteiger partial charge on any atom is 0.341 e. The van der Waals surface area contributed by atoms with E-state index >= 15 is 4.39 Å². The number of rotatable bonds is 4. The molecule has 10 heteroatoms. The molecule has 5 N–H and O–H groups in total. The van der Waals surface area contributed by atoms with Crippen LogP contribution in [-0.4, -0.2) is 50.7 Å². The third-order valence-corrected chi connectivity index (χ3v) is 6.02. The van der Waals surface area contributed by atoms with E-state index in [4.69, 9.17) is 5.73 Å². The number of fused-ring (bicyclic) bond motifs is 1. The number of hydrogen-bond acceptors (Lipinski definition) is 6. The summed E-state index contributed by atoms with van der Waals surface area (Å²) in [4.78, 5) is 24.1. The number of pyridine rings is 1. The predicted octanol–water partition coefficient (Wildman–Crippen LogP) is 2.03. The van der Waals surface area contributed by atoms with E-state index in [-0.39, 0.29) is 48.5 Å². The summed E-state index contributed by atoms with van der Waals surface area (Å²) in [6.45, 7) is -0.628. The van der Waals surface area contributed by atoms with Gasteiger partial charge in [0.1, 0.15) is 17.2 Å². The standard InChI is InChI=1S/C21H23F2N3O5/c22-16-5-13-18(26(12-1-2-12)10-14(19(13)27)20(28)29)6-15(16)21(30)3-4-25(31)9-11(7-21)17(23)8-24/h5-6,10,12,30-31H,1-4,7-9,24H2,(H,28,29)/b17-11+. The van der Waals surface area contributed by atoms with E-state index in [0.29, 0.717) is 5.52 Å². The Hall–Kier alpha value is -2.66. The first-order chi connectivity index (χ1) is 14.6. The highest BCUT2D eigenvalue weighted by molar-refractivity contribution is 5.93. The van der Waals surface area contributed by atoms with Gasteiger partial charge in [0.05, 0.1) is 11.1 Å². The van der Waals surface area contributed by atoms with Gasteiger partial charge in [-0.2, -0.15) is 5.06 Å². The van der Waals surface area contributed by atoms with Crippen LogP contribution in [0, 0.1) is 5.82 Å². The van der Waals surface area contributed by atoms with Gasteiger partial charge >= 0.3 is 5.97 Å². The Bertz CT molecular complexity index is 1160. The average molecular weight is 435 g/mol. The van der Waals surface area contributed by atoms with Crippen LogP contribution in [0.1, 0.15) is 47.6 Å². The molecule has 2 aliphatic rings. The van der Waals surface area contributed by atoms with Gasteiger partial charge in [0.2, 0.25) is 5.43 Å². The summed E-state index contributed by atoms with van der Waals surface area (Å²) in [5.74, 6) is -3.00. The fourth-order valence-corrected chi connectivity index (χ4v) is 4.20. The Balaban J connectivity index is 1.93. The number of hydrogen-bond donors (Lipinski definition) is 4. The number of nitrogens with two attached hydrogens (primary N) is 1. The van der Waals surface area contributed by atoms with Gasteiger partial charge in [0.25, 0.3) is 0 Å². The van der Waals surface area contributed by atoms with Crippen molar-refractivity contribution in [2.75, 3.05) is 19.6 Å². The quantitative estimate of drug-likeness (QED) is 0.578. The summed E-state index contributed by atoms with van der Waals surface area (Å²) in [7, 11) is 0. The van der Waals surface area contributed by atoms with E-state index in [0.717, 1.165) is 24.0 Å². The number of carbonyl (C=O) groups is 1. The number of aromatic nitrogens is 1. The van der Waals surface area contributed by atoms with Crippen LogP contribution in [-0.2, 0) is 5.60 Å². The monoisotopic (exact) mass is 435 g/mol. The Kier molecular flexibility index (Phi) is 5.42. The number of benzene rings is 1. The minimum absolute atomic E-state index is 0.0265. The van der Waals surface area contributed by atoms with E-state index in [2.05, 4.69) is 0 Å². The second-order valence-corrected chi connectivity index (χ2v) is 8.22. The molecule has 31 heavy (non-hydrogen) atoms. The number of hydroxylamine groups is 2. The summed E-state index contributed by atoms with van der Waals surface area (Å²) in [6.07, 6.45) is 2.44. The Morgan fingerprint density at radius 1 is 1.32 bits per heavy atom. The first-order valence-corrected chi connectivity index (χ1v) is 9.99. The zero-order valence-corrected chi connectivity index (χ0v) is 16.6. The number of carboxylic acid groups (broad SMARTS) is 1. The zero-order valence-electron chi connectivity index (χ0n) is 16.6. The molecule has 1 aliphatic carbocycles. The summed E-state index contributed by atoms with van der Waals surface area (Å²) >= 11 is 0. The van der Waals surface area contributed by atoms with E-state index in [9.17, 15) is 29.4 Å². The smallest absolute Gasteiger partial charge is 0.341 e. The van der Waals surface area contributed by atoms with Crippen LogP contribution in [0.15, 0.2) is 34.5 Å². The Morgan fingerprint density at radius 2 is 2.03 bits per heavy atom. The second-order valence-electron chi connectivity index (χ2n) is 8.22. The highest BCUT2D eigenvalue weighted by Crippen LogP contribution is 2.41.